The van der Waals surface area contributed by atoms with Crippen LogP contribution >= 0.6 is 0 Å². The molecule has 82 valence electrons. The normalized spacial score (nSPS) is 14.7. The summed E-state index contributed by atoms with van der Waals surface area (Å²) in [6.07, 6.45) is 1.47. The first-order valence-electron chi connectivity index (χ1n) is 4.71. The highest BCUT2D eigenvalue weighted by Gasteiger charge is 2.17. The molecule has 4 heteroatoms. The minimum absolute atomic E-state index is 0.0646. The molecule has 1 aromatic carbocycles. The van der Waals surface area contributed by atoms with Crippen molar-refractivity contribution in [3.8, 4) is 11.5 Å². The first-order chi connectivity index (χ1) is 7.61. The van der Waals surface area contributed by atoms with E-state index in [2.05, 4.69) is 11.9 Å². The molecule has 0 spiro atoms. The number of rotatable bonds is 2. The van der Waals surface area contributed by atoms with Gasteiger partial charge in [-0.2, -0.15) is 0 Å². The predicted molar refractivity (Wildman–Crippen MR) is 59.9 cm³/mol. The van der Waals surface area contributed by atoms with Crippen LogP contribution in [0.25, 0.3) is 5.57 Å². The van der Waals surface area contributed by atoms with E-state index in [1.807, 2.05) is 0 Å². The van der Waals surface area contributed by atoms with Gasteiger partial charge in [0.15, 0.2) is 11.5 Å². The monoisotopic (exact) mass is 217 g/mol. The van der Waals surface area contributed by atoms with Crippen LogP contribution in [0.1, 0.15) is 5.56 Å². The summed E-state index contributed by atoms with van der Waals surface area (Å²) in [5, 5.41) is 12.0. The highest BCUT2D eigenvalue weighted by atomic mass is 16.5. The molecule has 0 radical (unpaired) electrons. The topological polar surface area (TPSA) is 58.6 Å². The maximum absolute atomic E-state index is 11.1. The van der Waals surface area contributed by atoms with Gasteiger partial charge in [-0.25, -0.2) is 0 Å². The Hall–Kier alpha value is -2.23. The SMILES string of the molecule is C=C1NC(=O)C=C1c1ccc(O)c(OC)c1. The van der Waals surface area contributed by atoms with Crippen molar-refractivity contribution < 1.29 is 14.6 Å². The van der Waals surface area contributed by atoms with Crippen LogP contribution in [0.4, 0.5) is 0 Å². The van der Waals surface area contributed by atoms with E-state index in [9.17, 15) is 9.90 Å². The molecule has 16 heavy (non-hydrogen) atoms. The number of hydrogen-bond donors (Lipinski definition) is 2. The Morgan fingerprint density at radius 2 is 2.19 bits per heavy atom. The summed E-state index contributed by atoms with van der Waals surface area (Å²) in [5.41, 5.74) is 2.04. The van der Waals surface area contributed by atoms with Gasteiger partial charge in [0.05, 0.1) is 7.11 Å². The second-order valence-corrected chi connectivity index (χ2v) is 3.41. The third-order valence-corrected chi connectivity index (χ3v) is 2.37. The summed E-state index contributed by atoms with van der Waals surface area (Å²) < 4.78 is 5.00. The fourth-order valence-corrected chi connectivity index (χ4v) is 1.57. The van der Waals surface area contributed by atoms with Gasteiger partial charge in [-0.15, -0.1) is 0 Å². The molecule has 4 nitrogen and oxygen atoms in total. The zero-order valence-electron chi connectivity index (χ0n) is 8.78. The molecule has 0 saturated heterocycles. The number of nitrogens with one attached hydrogen (secondary N) is 1. The number of carbonyl (C=O) groups is 1. The number of carbonyl (C=O) groups excluding carboxylic acids is 1. The van der Waals surface area contributed by atoms with E-state index in [1.165, 1.54) is 19.3 Å². The Balaban J connectivity index is 2.45. The summed E-state index contributed by atoms with van der Waals surface area (Å²) in [5.74, 6) is 0.243. The standard InChI is InChI=1S/C12H11NO3/c1-7-9(6-12(15)13-7)8-3-4-10(14)11(5-8)16-2/h3-6,14H,1H2,2H3,(H,13,15). The number of aromatic hydroxyl groups is 1. The van der Waals surface area contributed by atoms with E-state index in [-0.39, 0.29) is 11.7 Å². The fraction of sp³-hybridized carbons (Fsp3) is 0.0833. The van der Waals surface area contributed by atoms with Crippen LogP contribution in [0.3, 0.4) is 0 Å². The first kappa shape index (κ1) is 10.3. The van der Waals surface area contributed by atoms with Crippen molar-refractivity contribution in [2.75, 3.05) is 7.11 Å². The van der Waals surface area contributed by atoms with Gasteiger partial charge in [-0.1, -0.05) is 12.6 Å². The smallest absolute Gasteiger partial charge is 0.249 e. The number of hydrogen-bond acceptors (Lipinski definition) is 3. The summed E-state index contributed by atoms with van der Waals surface area (Å²) in [7, 11) is 1.47. The molecule has 1 aromatic rings. The molecule has 1 aliphatic rings. The van der Waals surface area contributed by atoms with Crippen LogP contribution < -0.4 is 10.1 Å². The number of ether oxygens (including phenoxy) is 1. The molecular weight excluding hydrogens is 206 g/mol. The lowest BCUT2D eigenvalue weighted by atomic mass is 10.0. The number of amides is 1. The van der Waals surface area contributed by atoms with Gasteiger partial charge < -0.3 is 15.2 Å². The van der Waals surface area contributed by atoms with Gasteiger partial charge in [0.2, 0.25) is 5.91 Å². The van der Waals surface area contributed by atoms with Crippen molar-refractivity contribution in [3.05, 3.63) is 42.1 Å². The van der Waals surface area contributed by atoms with E-state index in [1.54, 1.807) is 12.1 Å². The summed E-state index contributed by atoms with van der Waals surface area (Å²) >= 11 is 0. The fourth-order valence-electron chi connectivity index (χ4n) is 1.57. The van der Waals surface area contributed by atoms with Crippen molar-refractivity contribution >= 4 is 11.5 Å². The maximum atomic E-state index is 11.1. The summed E-state index contributed by atoms with van der Waals surface area (Å²) in [6, 6.07) is 4.88. The molecule has 1 aliphatic heterocycles. The molecule has 2 rings (SSSR count). The van der Waals surface area contributed by atoms with Crippen molar-refractivity contribution in [1.82, 2.24) is 5.32 Å². The lowest BCUT2D eigenvalue weighted by Gasteiger charge is -2.07. The summed E-state index contributed by atoms with van der Waals surface area (Å²) in [6.45, 7) is 3.74. The Kier molecular flexibility index (Phi) is 2.40. The zero-order chi connectivity index (χ0) is 11.7. The van der Waals surface area contributed by atoms with Gasteiger partial charge in [-0.3, -0.25) is 4.79 Å². The predicted octanol–water partition coefficient (Wildman–Crippen LogP) is 1.43. The number of allylic oxidation sites excluding steroid dienone is 1. The quantitative estimate of drug-likeness (QED) is 0.787. The first-order valence-corrected chi connectivity index (χ1v) is 4.71. The van der Waals surface area contributed by atoms with Gasteiger partial charge in [0, 0.05) is 17.3 Å². The highest BCUT2D eigenvalue weighted by Crippen LogP contribution is 2.32. The minimum atomic E-state index is -0.188. The molecule has 0 atom stereocenters. The van der Waals surface area contributed by atoms with Crippen LogP contribution in [0, 0.1) is 0 Å². The zero-order valence-corrected chi connectivity index (χ0v) is 8.78. The van der Waals surface area contributed by atoms with E-state index in [0.29, 0.717) is 17.0 Å². The van der Waals surface area contributed by atoms with E-state index < -0.39 is 0 Å². The van der Waals surface area contributed by atoms with Gasteiger partial charge in [0.25, 0.3) is 0 Å². The van der Waals surface area contributed by atoms with Crippen molar-refractivity contribution in [2.45, 2.75) is 0 Å². The average Bonchev–Trinajstić information content (AvgIpc) is 2.59. The molecule has 1 heterocycles. The molecular formula is C12H11NO3. The van der Waals surface area contributed by atoms with Gasteiger partial charge >= 0.3 is 0 Å². The number of phenols is 1. The number of benzene rings is 1. The van der Waals surface area contributed by atoms with Crippen LogP contribution in [-0.2, 0) is 4.79 Å². The molecule has 0 unspecified atom stereocenters. The van der Waals surface area contributed by atoms with Gasteiger partial charge in [0.1, 0.15) is 0 Å². The van der Waals surface area contributed by atoms with Crippen LogP contribution in [0.5, 0.6) is 11.5 Å². The van der Waals surface area contributed by atoms with Gasteiger partial charge in [-0.05, 0) is 17.7 Å². The Labute approximate surface area is 92.9 Å². The third kappa shape index (κ3) is 1.65. The molecule has 1 amide bonds. The average molecular weight is 217 g/mol. The molecule has 0 bridgehead atoms. The molecule has 2 N–H and O–H groups in total. The maximum Gasteiger partial charge on any atom is 0.249 e. The lowest BCUT2D eigenvalue weighted by Crippen LogP contribution is -2.12. The molecule has 0 aliphatic carbocycles. The minimum Gasteiger partial charge on any atom is -0.504 e. The Morgan fingerprint density at radius 1 is 1.44 bits per heavy atom. The van der Waals surface area contributed by atoms with Crippen molar-refractivity contribution in [1.29, 1.82) is 0 Å². The van der Waals surface area contributed by atoms with E-state index >= 15 is 0 Å². The van der Waals surface area contributed by atoms with Crippen LogP contribution in [0.15, 0.2) is 36.6 Å². The van der Waals surface area contributed by atoms with Crippen molar-refractivity contribution in [2.24, 2.45) is 0 Å². The largest absolute Gasteiger partial charge is 0.504 e. The summed E-state index contributed by atoms with van der Waals surface area (Å²) in [4.78, 5) is 11.1. The highest BCUT2D eigenvalue weighted by molar-refractivity contribution is 6.06. The lowest BCUT2D eigenvalue weighted by molar-refractivity contribution is -0.115. The number of methoxy groups -OCH3 is 1. The number of phenolic OH excluding ortho intramolecular Hbond substituents is 1. The van der Waals surface area contributed by atoms with Crippen molar-refractivity contribution in [3.63, 3.8) is 0 Å². The Morgan fingerprint density at radius 3 is 2.75 bits per heavy atom. The van der Waals surface area contributed by atoms with Crippen LogP contribution in [-0.4, -0.2) is 18.1 Å². The van der Waals surface area contributed by atoms with Crippen LogP contribution in [0.2, 0.25) is 0 Å². The molecule has 0 fully saturated rings. The second-order valence-electron chi connectivity index (χ2n) is 3.41. The molecule has 0 aromatic heterocycles. The second kappa shape index (κ2) is 3.73. The van der Waals surface area contributed by atoms with E-state index in [0.717, 1.165) is 5.56 Å². The molecule has 0 saturated carbocycles. The third-order valence-electron chi connectivity index (χ3n) is 2.37. The Bertz CT molecular complexity index is 503. The van der Waals surface area contributed by atoms with E-state index in [4.69, 9.17) is 4.74 Å².